The Balaban J connectivity index is 1.81. The van der Waals surface area contributed by atoms with E-state index in [2.05, 4.69) is 0 Å². The molecule has 0 fully saturated rings. The van der Waals surface area contributed by atoms with Gasteiger partial charge in [-0.1, -0.05) is 6.07 Å². The number of carboxylic acid groups (broad SMARTS) is 1. The van der Waals surface area contributed by atoms with Crippen LogP contribution < -0.4 is 4.74 Å². The van der Waals surface area contributed by atoms with Gasteiger partial charge in [0.25, 0.3) is 5.92 Å². The Morgan fingerprint density at radius 3 is 2.59 bits per heavy atom. The summed E-state index contributed by atoms with van der Waals surface area (Å²) in [5.41, 5.74) is 4.53. The third-order valence-corrected chi connectivity index (χ3v) is 6.60. The van der Waals surface area contributed by atoms with Gasteiger partial charge in [0.2, 0.25) is 0 Å². The molecule has 2 aromatic rings. The minimum absolute atomic E-state index is 0.0754. The lowest BCUT2D eigenvalue weighted by molar-refractivity contribution is -0.136. The average Bonchev–Trinajstić information content (AvgIpc) is 3.07. The molecular formula is C23H26F2O3S. The average molecular weight is 421 g/mol. The maximum Gasteiger partial charge on any atom is 0.303 e. The van der Waals surface area contributed by atoms with Gasteiger partial charge in [-0.2, -0.15) is 0 Å². The van der Waals surface area contributed by atoms with Crippen molar-refractivity contribution >= 4 is 22.9 Å². The van der Waals surface area contributed by atoms with Gasteiger partial charge in [-0.25, -0.2) is 8.78 Å². The van der Waals surface area contributed by atoms with Gasteiger partial charge < -0.3 is 9.84 Å². The minimum atomic E-state index is -2.69. The first-order chi connectivity index (χ1) is 13.7. The molecule has 156 valence electrons. The Morgan fingerprint density at radius 2 is 1.93 bits per heavy atom. The van der Waals surface area contributed by atoms with E-state index in [-0.39, 0.29) is 25.9 Å². The molecule has 29 heavy (non-hydrogen) atoms. The van der Waals surface area contributed by atoms with E-state index in [1.54, 1.807) is 11.3 Å². The first kappa shape index (κ1) is 21.5. The summed E-state index contributed by atoms with van der Waals surface area (Å²) in [4.78, 5) is 13.0. The standard InChI is InChI=1S/C23H26F2O3S/c1-14-4-8-21(29-14)19-10-11-23(24,25)12-18(19)13-28-20-7-5-17(6-9-22(26)27)15(2)16(20)3/h4-5,7-8H,6,9-13H2,1-3H3,(H,26,27). The smallest absolute Gasteiger partial charge is 0.303 e. The number of thiophene rings is 1. The van der Waals surface area contributed by atoms with E-state index in [0.29, 0.717) is 24.2 Å². The summed E-state index contributed by atoms with van der Waals surface area (Å²) in [7, 11) is 0. The highest BCUT2D eigenvalue weighted by molar-refractivity contribution is 7.13. The van der Waals surface area contributed by atoms with Gasteiger partial charge in [-0.15, -0.1) is 11.3 Å². The van der Waals surface area contributed by atoms with Crippen LogP contribution in [0.3, 0.4) is 0 Å². The topological polar surface area (TPSA) is 46.5 Å². The van der Waals surface area contributed by atoms with Crippen LogP contribution in [-0.2, 0) is 11.2 Å². The maximum atomic E-state index is 14.1. The summed E-state index contributed by atoms with van der Waals surface area (Å²) in [6.07, 6.45) is 0.499. The van der Waals surface area contributed by atoms with Crippen LogP contribution in [0.15, 0.2) is 29.8 Å². The molecule has 0 atom stereocenters. The van der Waals surface area contributed by atoms with Crippen LogP contribution in [-0.4, -0.2) is 23.6 Å². The Kier molecular flexibility index (Phi) is 6.42. The maximum absolute atomic E-state index is 14.1. The molecule has 3 rings (SSSR count). The molecule has 3 nitrogen and oxygen atoms in total. The molecule has 0 amide bonds. The van der Waals surface area contributed by atoms with E-state index in [9.17, 15) is 13.6 Å². The predicted octanol–water partition coefficient (Wildman–Crippen LogP) is 6.34. The third kappa shape index (κ3) is 5.24. The number of carbonyl (C=O) groups is 1. The monoisotopic (exact) mass is 420 g/mol. The fraction of sp³-hybridized carbons (Fsp3) is 0.435. The van der Waals surface area contributed by atoms with Gasteiger partial charge in [0.05, 0.1) is 0 Å². The summed E-state index contributed by atoms with van der Waals surface area (Å²) in [6.45, 7) is 6.01. The highest BCUT2D eigenvalue weighted by Crippen LogP contribution is 2.42. The molecule has 0 saturated heterocycles. The molecule has 1 heterocycles. The first-order valence-electron chi connectivity index (χ1n) is 9.75. The van der Waals surface area contributed by atoms with Crippen LogP contribution in [0, 0.1) is 20.8 Å². The van der Waals surface area contributed by atoms with Crippen molar-refractivity contribution in [1.82, 2.24) is 0 Å². The Labute approximate surface area is 174 Å². The number of carboxylic acids is 1. The first-order valence-corrected chi connectivity index (χ1v) is 10.6. The highest BCUT2D eigenvalue weighted by Gasteiger charge is 2.36. The van der Waals surface area contributed by atoms with Crippen molar-refractivity contribution in [2.45, 2.75) is 58.8 Å². The molecule has 1 N–H and O–H groups in total. The summed E-state index contributed by atoms with van der Waals surface area (Å²) >= 11 is 1.63. The molecule has 0 saturated carbocycles. The Morgan fingerprint density at radius 1 is 1.17 bits per heavy atom. The second-order valence-corrected chi connectivity index (χ2v) is 8.97. The van der Waals surface area contributed by atoms with Crippen LogP contribution in [0.5, 0.6) is 5.75 Å². The number of ether oxygens (including phenoxy) is 1. The molecule has 1 aliphatic rings. The molecule has 6 heteroatoms. The van der Waals surface area contributed by atoms with Gasteiger partial charge in [0.15, 0.2) is 0 Å². The fourth-order valence-electron chi connectivity index (χ4n) is 3.71. The molecule has 0 spiro atoms. The predicted molar refractivity (Wildman–Crippen MR) is 112 cm³/mol. The van der Waals surface area contributed by atoms with Gasteiger partial charge in [0, 0.05) is 29.0 Å². The van der Waals surface area contributed by atoms with Gasteiger partial charge in [-0.05, 0) is 79.6 Å². The van der Waals surface area contributed by atoms with Crippen molar-refractivity contribution in [2.24, 2.45) is 0 Å². The summed E-state index contributed by atoms with van der Waals surface area (Å²) < 4.78 is 34.2. The zero-order chi connectivity index (χ0) is 21.2. The van der Waals surface area contributed by atoms with Crippen LogP contribution in [0.4, 0.5) is 8.78 Å². The zero-order valence-electron chi connectivity index (χ0n) is 17.0. The second kappa shape index (κ2) is 8.66. The Hall–Kier alpha value is -2.21. The van der Waals surface area contributed by atoms with E-state index in [0.717, 1.165) is 32.0 Å². The summed E-state index contributed by atoms with van der Waals surface area (Å²) in [6, 6.07) is 7.71. The van der Waals surface area contributed by atoms with Gasteiger partial charge in [-0.3, -0.25) is 4.79 Å². The van der Waals surface area contributed by atoms with E-state index in [1.807, 2.05) is 45.0 Å². The van der Waals surface area contributed by atoms with Crippen molar-refractivity contribution in [3.63, 3.8) is 0 Å². The van der Waals surface area contributed by atoms with Crippen molar-refractivity contribution in [3.05, 3.63) is 56.3 Å². The number of benzene rings is 1. The van der Waals surface area contributed by atoms with Crippen LogP contribution in [0.1, 0.15) is 52.1 Å². The number of aryl methyl sites for hydroxylation is 2. The summed E-state index contributed by atoms with van der Waals surface area (Å²) in [5, 5.41) is 8.89. The largest absolute Gasteiger partial charge is 0.489 e. The quantitative estimate of drug-likeness (QED) is 0.568. The molecular weight excluding hydrogens is 394 g/mol. The molecule has 1 aromatic carbocycles. The van der Waals surface area contributed by atoms with Crippen molar-refractivity contribution < 1.29 is 23.4 Å². The van der Waals surface area contributed by atoms with Crippen LogP contribution in [0.25, 0.3) is 5.57 Å². The number of aliphatic carboxylic acids is 1. The number of rotatable bonds is 7. The molecule has 0 bridgehead atoms. The normalized spacial score (nSPS) is 16.2. The lowest BCUT2D eigenvalue weighted by Gasteiger charge is -2.27. The van der Waals surface area contributed by atoms with Crippen molar-refractivity contribution in [3.8, 4) is 5.75 Å². The molecule has 0 radical (unpaired) electrons. The number of halogens is 2. The number of alkyl halides is 2. The SMILES string of the molecule is Cc1ccc(C2=C(COc3ccc(CCC(=O)O)c(C)c3C)CC(F)(F)CC2)s1. The summed E-state index contributed by atoms with van der Waals surface area (Å²) in [5.74, 6) is -2.87. The van der Waals surface area contributed by atoms with Crippen molar-refractivity contribution in [1.29, 1.82) is 0 Å². The Bertz CT molecular complexity index is 944. The molecule has 0 unspecified atom stereocenters. The highest BCUT2D eigenvalue weighted by atomic mass is 32.1. The van der Waals surface area contributed by atoms with Gasteiger partial charge in [0.1, 0.15) is 12.4 Å². The van der Waals surface area contributed by atoms with E-state index in [4.69, 9.17) is 9.84 Å². The second-order valence-electron chi connectivity index (χ2n) is 7.68. The minimum Gasteiger partial charge on any atom is -0.489 e. The zero-order valence-corrected chi connectivity index (χ0v) is 17.8. The molecule has 1 aromatic heterocycles. The third-order valence-electron chi connectivity index (χ3n) is 5.54. The van der Waals surface area contributed by atoms with Crippen molar-refractivity contribution in [2.75, 3.05) is 6.61 Å². The van der Waals surface area contributed by atoms with Crippen LogP contribution in [0.2, 0.25) is 0 Å². The van der Waals surface area contributed by atoms with E-state index >= 15 is 0 Å². The number of hydrogen-bond acceptors (Lipinski definition) is 3. The lowest BCUT2D eigenvalue weighted by atomic mass is 9.88. The fourth-order valence-corrected chi connectivity index (χ4v) is 4.70. The number of hydrogen-bond donors (Lipinski definition) is 1. The molecule has 0 aliphatic heterocycles. The van der Waals surface area contributed by atoms with Gasteiger partial charge >= 0.3 is 5.97 Å². The van der Waals surface area contributed by atoms with E-state index in [1.165, 1.54) is 0 Å². The number of allylic oxidation sites excluding steroid dienone is 1. The lowest BCUT2D eigenvalue weighted by Crippen LogP contribution is -2.24. The van der Waals surface area contributed by atoms with E-state index < -0.39 is 11.9 Å². The molecule has 1 aliphatic carbocycles. The van der Waals surface area contributed by atoms with Crippen LogP contribution >= 0.6 is 11.3 Å².